The molecule has 8 nitrogen and oxygen atoms in total. The summed E-state index contributed by atoms with van der Waals surface area (Å²) in [6.07, 6.45) is 1.70. The van der Waals surface area contributed by atoms with Crippen LogP contribution in [0.4, 0.5) is 0 Å². The zero-order chi connectivity index (χ0) is 22.1. The monoisotopic (exact) mass is 445 g/mol. The number of aromatic nitrogens is 3. The van der Waals surface area contributed by atoms with Crippen LogP contribution in [0.2, 0.25) is 0 Å². The van der Waals surface area contributed by atoms with Crippen LogP contribution < -0.4 is 5.32 Å². The molecule has 2 heterocycles. The average molecular weight is 446 g/mol. The summed E-state index contributed by atoms with van der Waals surface area (Å²) < 4.78 is 6.67. The second-order valence-corrected chi connectivity index (χ2v) is 8.95. The fourth-order valence-electron chi connectivity index (χ4n) is 3.43. The molecule has 2 N–H and O–H groups in total. The van der Waals surface area contributed by atoms with Gasteiger partial charge in [-0.1, -0.05) is 30.3 Å². The van der Waals surface area contributed by atoms with Gasteiger partial charge >= 0.3 is 0 Å². The van der Waals surface area contributed by atoms with E-state index in [1.807, 2.05) is 36.4 Å². The molecule has 0 spiro atoms. The summed E-state index contributed by atoms with van der Waals surface area (Å²) >= 11 is 1.56. The molecule has 1 aliphatic carbocycles. The first-order valence-corrected chi connectivity index (χ1v) is 11.0. The lowest BCUT2D eigenvalue weighted by atomic mass is 10.0. The van der Waals surface area contributed by atoms with Gasteiger partial charge in [-0.2, -0.15) is 5.26 Å². The van der Waals surface area contributed by atoms with E-state index in [1.165, 1.54) is 0 Å². The number of aliphatic hydroxyl groups is 1. The second-order valence-electron chi connectivity index (χ2n) is 7.83. The van der Waals surface area contributed by atoms with E-state index >= 15 is 0 Å². The largest absolute Gasteiger partial charge is 0.424 e. The van der Waals surface area contributed by atoms with Gasteiger partial charge in [0, 0.05) is 0 Å². The Bertz CT molecular complexity index is 1330. The highest BCUT2D eigenvalue weighted by atomic mass is 32.1. The molecule has 5 rings (SSSR count). The summed E-state index contributed by atoms with van der Waals surface area (Å²) in [5.74, 6) is 0.327. The molecular weight excluding hydrogens is 426 g/mol. The molecule has 1 fully saturated rings. The van der Waals surface area contributed by atoms with Crippen LogP contribution in [0.3, 0.4) is 0 Å². The van der Waals surface area contributed by atoms with Gasteiger partial charge in [0.1, 0.15) is 17.0 Å². The van der Waals surface area contributed by atoms with Gasteiger partial charge in [0.2, 0.25) is 17.7 Å². The molecule has 9 heteroatoms. The number of thiazole rings is 1. The third-order valence-electron chi connectivity index (χ3n) is 5.37. The van der Waals surface area contributed by atoms with E-state index in [9.17, 15) is 9.90 Å². The maximum atomic E-state index is 12.1. The quantitative estimate of drug-likeness (QED) is 0.448. The van der Waals surface area contributed by atoms with Crippen LogP contribution in [0.15, 0.2) is 46.9 Å². The van der Waals surface area contributed by atoms with Crippen molar-refractivity contribution >= 4 is 27.5 Å². The predicted molar refractivity (Wildman–Crippen MR) is 118 cm³/mol. The lowest BCUT2D eigenvalue weighted by Crippen LogP contribution is -2.36. The molecule has 1 aliphatic rings. The summed E-state index contributed by atoms with van der Waals surface area (Å²) in [4.78, 5) is 16.7. The van der Waals surface area contributed by atoms with Gasteiger partial charge in [-0.3, -0.25) is 4.79 Å². The number of amides is 1. The number of benzene rings is 2. The first kappa shape index (κ1) is 20.3. The number of hydrogen-bond acceptors (Lipinski definition) is 8. The van der Waals surface area contributed by atoms with E-state index in [4.69, 9.17) is 9.68 Å². The molecule has 0 atom stereocenters. The van der Waals surface area contributed by atoms with Crippen molar-refractivity contribution in [2.75, 3.05) is 0 Å². The zero-order valence-electron chi connectivity index (χ0n) is 17.0. The van der Waals surface area contributed by atoms with Crippen molar-refractivity contribution in [3.8, 4) is 17.2 Å². The summed E-state index contributed by atoms with van der Waals surface area (Å²) in [5, 5.41) is 29.8. The molecule has 0 saturated heterocycles. The maximum Gasteiger partial charge on any atom is 0.230 e. The molecule has 160 valence electrons. The third kappa shape index (κ3) is 4.23. The third-order valence-corrected chi connectivity index (χ3v) is 6.39. The molecule has 0 bridgehead atoms. The highest BCUT2D eigenvalue weighted by Crippen LogP contribution is 2.34. The number of carbonyl (C=O) groups excluding carboxylic acids is 1. The number of fused-ring (bicyclic) bond motifs is 1. The molecule has 2 aromatic carbocycles. The minimum atomic E-state index is -0.708. The van der Waals surface area contributed by atoms with E-state index in [2.05, 4.69) is 32.6 Å². The van der Waals surface area contributed by atoms with Gasteiger partial charge in [-0.05, 0) is 41.7 Å². The smallest absolute Gasteiger partial charge is 0.230 e. The Hall–Kier alpha value is -3.61. The number of nitrogens with one attached hydrogen (secondary N) is 1. The summed E-state index contributed by atoms with van der Waals surface area (Å²) in [5.41, 5.74) is 3.22. The maximum absolute atomic E-state index is 12.1. The van der Waals surface area contributed by atoms with E-state index in [0.29, 0.717) is 25.2 Å². The molecule has 2 aromatic heterocycles. The van der Waals surface area contributed by atoms with Crippen molar-refractivity contribution in [1.82, 2.24) is 20.5 Å². The topological polar surface area (TPSA) is 125 Å². The SMILES string of the molecule is N#CC1(NC(=O)Cc2nnc(Cc3nc4ccc(-c5ccc(CO)cc5)cc4s3)o2)CC1. The Kier molecular flexibility index (Phi) is 5.17. The molecule has 1 amide bonds. The number of nitrogens with zero attached hydrogens (tertiary/aromatic N) is 4. The minimum Gasteiger partial charge on any atom is -0.424 e. The first-order valence-electron chi connectivity index (χ1n) is 10.2. The van der Waals surface area contributed by atoms with Gasteiger partial charge in [0.05, 0.1) is 29.3 Å². The van der Waals surface area contributed by atoms with E-state index in [0.717, 1.165) is 31.9 Å². The van der Waals surface area contributed by atoms with E-state index < -0.39 is 5.54 Å². The molecule has 1 saturated carbocycles. The van der Waals surface area contributed by atoms with Gasteiger partial charge in [0.25, 0.3) is 0 Å². The molecule has 0 aliphatic heterocycles. The first-order chi connectivity index (χ1) is 15.6. The lowest BCUT2D eigenvalue weighted by molar-refractivity contribution is -0.121. The predicted octanol–water partition coefficient (Wildman–Crippen LogP) is 3.14. The zero-order valence-corrected chi connectivity index (χ0v) is 17.9. The Balaban J connectivity index is 1.27. The molecule has 0 unspecified atom stereocenters. The fraction of sp³-hybridized carbons (Fsp3) is 0.261. The van der Waals surface area contributed by atoms with Crippen molar-refractivity contribution in [2.45, 2.75) is 37.8 Å². The van der Waals surface area contributed by atoms with Crippen LogP contribution in [-0.4, -0.2) is 31.7 Å². The number of hydrogen-bond donors (Lipinski definition) is 2. The van der Waals surface area contributed by atoms with Crippen LogP contribution in [0.5, 0.6) is 0 Å². The number of nitriles is 1. The summed E-state index contributed by atoms with van der Waals surface area (Å²) in [7, 11) is 0. The van der Waals surface area contributed by atoms with Crippen molar-refractivity contribution in [2.24, 2.45) is 0 Å². The number of carbonyl (C=O) groups is 1. The minimum absolute atomic E-state index is 0.0280. The molecule has 32 heavy (non-hydrogen) atoms. The van der Waals surface area contributed by atoms with Crippen molar-refractivity contribution in [3.05, 3.63) is 64.8 Å². The Morgan fingerprint density at radius 3 is 2.62 bits per heavy atom. The lowest BCUT2D eigenvalue weighted by Gasteiger charge is -2.06. The van der Waals surface area contributed by atoms with E-state index in [-0.39, 0.29) is 24.8 Å². The normalized spacial score (nSPS) is 14.2. The molecular formula is C23H19N5O3S. The van der Waals surface area contributed by atoms with Crippen molar-refractivity contribution in [3.63, 3.8) is 0 Å². The van der Waals surface area contributed by atoms with Crippen LogP contribution in [0, 0.1) is 11.3 Å². The Morgan fingerprint density at radius 2 is 1.91 bits per heavy atom. The van der Waals surface area contributed by atoms with Gasteiger partial charge in [-0.25, -0.2) is 4.98 Å². The molecule has 4 aromatic rings. The number of aliphatic hydroxyl groups excluding tert-OH is 1. The molecule has 0 radical (unpaired) electrons. The van der Waals surface area contributed by atoms with Crippen LogP contribution >= 0.6 is 11.3 Å². The van der Waals surface area contributed by atoms with Crippen molar-refractivity contribution < 1.29 is 14.3 Å². The van der Waals surface area contributed by atoms with Crippen LogP contribution in [-0.2, 0) is 24.2 Å². The van der Waals surface area contributed by atoms with Gasteiger partial charge in [0.15, 0.2) is 0 Å². The number of rotatable bonds is 7. The second kappa shape index (κ2) is 8.15. The highest BCUT2D eigenvalue weighted by molar-refractivity contribution is 7.18. The Labute approximate surface area is 187 Å². The standard InChI is InChI=1S/C23H19N5O3S/c24-13-23(7-8-23)26-19(30)10-20-27-28-21(31-20)11-22-25-17-6-5-16(9-18(17)32-22)15-3-1-14(12-29)2-4-15/h1-6,9,29H,7-8,10-12H2,(H,26,30). The van der Waals surface area contributed by atoms with Crippen molar-refractivity contribution in [1.29, 1.82) is 5.26 Å². The fourth-order valence-corrected chi connectivity index (χ4v) is 4.43. The highest BCUT2D eigenvalue weighted by Gasteiger charge is 2.44. The van der Waals surface area contributed by atoms with Crippen LogP contribution in [0.25, 0.3) is 21.3 Å². The average Bonchev–Trinajstić information content (AvgIpc) is 3.24. The van der Waals surface area contributed by atoms with Crippen LogP contribution in [0.1, 0.15) is 35.2 Å². The van der Waals surface area contributed by atoms with Gasteiger partial charge < -0.3 is 14.8 Å². The summed E-state index contributed by atoms with van der Waals surface area (Å²) in [6.45, 7) is 0.0280. The Morgan fingerprint density at radius 1 is 1.16 bits per heavy atom. The van der Waals surface area contributed by atoms with E-state index in [1.54, 1.807) is 11.3 Å². The van der Waals surface area contributed by atoms with Gasteiger partial charge in [-0.15, -0.1) is 21.5 Å². The summed E-state index contributed by atoms with van der Waals surface area (Å²) in [6, 6.07) is 16.0.